The Labute approximate surface area is 130 Å². The topological polar surface area (TPSA) is 105 Å². The molecule has 116 valence electrons. The van der Waals surface area contributed by atoms with E-state index in [1.165, 1.54) is 20.3 Å². The third-order valence-electron chi connectivity index (χ3n) is 2.72. The highest BCUT2D eigenvalue weighted by molar-refractivity contribution is 9.10. The number of hydrogen-bond donors (Lipinski definition) is 3. The van der Waals surface area contributed by atoms with Crippen LogP contribution in [0.25, 0.3) is 0 Å². The molecule has 0 aromatic heterocycles. The van der Waals surface area contributed by atoms with Crippen LogP contribution in [0.2, 0.25) is 0 Å². The van der Waals surface area contributed by atoms with Crippen molar-refractivity contribution in [2.45, 2.75) is 12.5 Å². The number of carbonyl (C=O) groups is 2. The van der Waals surface area contributed by atoms with Crippen LogP contribution in [0.1, 0.15) is 16.8 Å². The van der Waals surface area contributed by atoms with E-state index in [0.29, 0.717) is 10.2 Å². The summed E-state index contributed by atoms with van der Waals surface area (Å²) in [5, 5.41) is 20.2. The second kappa shape index (κ2) is 7.84. The first-order valence-electron chi connectivity index (χ1n) is 6.00. The third-order valence-corrected chi connectivity index (χ3v) is 3.31. The van der Waals surface area contributed by atoms with Crippen LogP contribution in [0, 0.1) is 0 Å². The SMILES string of the molecule is COc1cc(Br)c(OC)c(C(=O)N[C@@H](CCO)C(=O)O)c1. The van der Waals surface area contributed by atoms with Gasteiger partial charge >= 0.3 is 5.97 Å². The lowest BCUT2D eigenvalue weighted by Gasteiger charge is -2.16. The number of benzene rings is 1. The smallest absolute Gasteiger partial charge is 0.326 e. The molecule has 1 rings (SSSR count). The largest absolute Gasteiger partial charge is 0.497 e. The van der Waals surface area contributed by atoms with Crippen molar-refractivity contribution in [2.75, 3.05) is 20.8 Å². The molecule has 0 radical (unpaired) electrons. The molecule has 0 saturated heterocycles. The number of carbonyl (C=O) groups excluding carboxylic acids is 1. The van der Waals surface area contributed by atoms with E-state index in [-0.39, 0.29) is 24.3 Å². The van der Waals surface area contributed by atoms with Gasteiger partial charge in [-0.25, -0.2) is 4.79 Å². The van der Waals surface area contributed by atoms with Gasteiger partial charge in [0.15, 0.2) is 0 Å². The molecule has 1 aromatic carbocycles. The van der Waals surface area contributed by atoms with Gasteiger partial charge in [0.2, 0.25) is 0 Å². The van der Waals surface area contributed by atoms with Crippen molar-refractivity contribution in [3.8, 4) is 11.5 Å². The molecule has 0 spiro atoms. The van der Waals surface area contributed by atoms with Gasteiger partial charge in [-0.3, -0.25) is 4.79 Å². The standard InChI is InChI=1S/C13H16BrNO6/c1-20-7-5-8(11(21-2)9(14)6-7)12(17)15-10(3-4-16)13(18)19/h5-6,10,16H,3-4H2,1-2H3,(H,15,17)(H,18,19)/t10-/m0/s1. The Hall–Kier alpha value is -1.80. The van der Waals surface area contributed by atoms with Crippen molar-refractivity contribution in [3.63, 3.8) is 0 Å². The minimum atomic E-state index is -1.22. The Morgan fingerprint density at radius 2 is 2.00 bits per heavy atom. The molecule has 0 bridgehead atoms. The van der Waals surface area contributed by atoms with Crippen LogP contribution in [0.4, 0.5) is 0 Å². The first kappa shape index (κ1) is 17.3. The molecule has 8 heteroatoms. The number of ether oxygens (including phenoxy) is 2. The van der Waals surface area contributed by atoms with Crippen molar-refractivity contribution in [1.82, 2.24) is 5.32 Å². The van der Waals surface area contributed by atoms with Crippen LogP contribution in [0.15, 0.2) is 16.6 Å². The zero-order chi connectivity index (χ0) is 16.0. The number of hydrogen-bond acceptors (Lipinski definition) is 5. The van der Waals surface area contributed by atoms with Gasteiger partial charge in [0.25, 0.3) is 5.91 Å². The molecule has 0 aliphatic rings. The van der Waals surface area contributed by atoms with E-state index in [1.54, 1.807) is 6.07 Å². The average molecular weight is 362 g/mol. The first-order valence-corrected chi connectivity index (χ1v) is 6.80. The number of carboxylic acid groups (broad SMARTS) is 1. The van der Waals surface area contributed by atoms with E-state index in [4.69, 9.17) is 19.7 Å². The summed E-state index contributed by atoms with van der Waals surface area (Å²) in [4.78, 5) is 23.2. The van der Waals surface area contributed by atoms with Gasteiger partial charge in [-0.15, -0.1) is 0 Å². The molecule has 1 aromatic rings. The van der Waals surface area contributed by atoms with Crippen molar-refractivity contribution in [3.05, 3.63) is 22.2 Å². The number of amides is 1. The van der Waals surface area contributed by atoms with E-state index in [0.717, 1.165) is 0 Å². The molecule has 0 aliphatic carbocycles. The van der Waals surface area contributed by atoms with Crippen LogP contribution in [0.3, 0.4) is 0 Å². The second-order valence-corrected chi connectivity index (χ2v) is 4.92. The van der Waals surface area contributed by atoms with Crippen molar-refractivity contribution >= 4 is 27.8 Å². The van der Waals surface area contributed by atoms with Crippen molar-refractivity contribution < 1.29 is 29.3 Å². The van der Waals surface area contributed by atoms with Gasteiger partial charge in [-0.2, -0.15) is 0 Å². The monoisotopic (exact) mass is 361 g/mol. The van der Waals surface area contributed by atoms with Crippen LogP contribution < -0.4 is 14.8 Å². The Morgan fingerprint density at radius 3 is 2.48 bits per heavy atom. The number of aliphatic hydroxyl groups excluding tert-OH is 1. The Balaban J connectivity index is 3.10. The van der Waals surface area contributed by atoms with E-state index in [9.17, 15) is 9.59 Å². The lowest BCUT2D eigenvalue weighted by Crippen LogP contribution is -2.41. The number of rotatable bonds is 7. The van der Waals surface area contributed by atoms with Crippen LogP contribution in [-0.4, -0.2) is 49.0 Å². The quantitative estimate of drug-likeness (QED) is 0.669. The maximum atomic E-state index is 12.2. The van der Waals surface area contributed by atoms with Crippen molar-refractivity contribution in [1.29, 1.82) is 0 Å². The highest BCUT2D eigenvalue weighted by Crippen LogP contribution is 2.33. The molecular formula is C13H16BrNO6. The van der Waals surface area contributed by atoms with Gasteiger partial charge in [0, 0.05) is 13.0 Å². The summed E-state index contributed by atoms with van der Waals surface area (Å²) in [5.74, 6) is -1.17. The maximum absolute atomic E-state index is 12.2. The Kier molecular flexibility index (Phi) is 6.44. The van der Waals surface area contributed by atoms with E-state index in [1.807, 2.05) is 0 Å². The molecule has 3 N–H and O–H groups in total. The van der Waals surface area contributed by atoms with E-state index >= 15 is 0 Å². The van der Waals surface area contributed by atoms with E-state index < -0.39 is 17.9 Å². The molecule has 0 saturated carbocycles. The van der Waals surface area contributed by atoms with E-state index in [2.05, 4.69) is 21.2 Å². The predicted octanol–water partition coefficient (Wildman–Crippen LogP) is 1.03. The van der Waals surface area contributed by atoms with Crippen molar-refractivity contribution in [2.24, 2.45) is 0 Å². The minimum absolute atomic E-state index is 0.0888. The number of methoxy groups -OCH3 is 2. The predicted molar refractivity (Wildman–Crippen MR) is 77.8 cm³/mol. The number of nitrogens with one attached hydrogen (secondary N) is 1. The van der Waals surface area contributed by atoms with Gasteiger partial charge in [0.05, 0.1) is 24.3 Å². The molecule has 7 nitrogen and oxygen atoms in total. The molecule has 0 aliphatic heterocycles. The summed E-state index contributed by atoms with van der Waals surface area (Å²) in [7, 11) is 2.84. The molecule has 0 heterocycles. The zero-order valence-corrected chi connectivity index (χ0v) is 13.1. The maximum Gasteiger partial charge on any atom is 0.326 e. The number of aliphatic hydroxyl groups is 1. The molecule has 1 atom stereocenters. The summed E-state index contributed by atoms with van der Waals surface area (Å²) >= 11 is 3.25. The molecule has 1 amide bonds. The third kappa shape index (κ3) is 4.33. The lowest BCUT2D eigenvalue weighted by molar-refractivity contribution is -0.139. The highest BCUT2D eigenvalue weighted by Gasteiger charge is 2.23. The van der Waals surface area contributed by atoms with Gasteiger partial charge < -0.3 is 25.0 Å². The van der Waals surface area contributed by atoms with Crippen LogP contribution >= 0.6 is 15.9 Å². The molecular weight excluding hydrogens is 346 g/mol. The fourth-order valence-corrected chi connectivity index (χ4v) is 2.29. The summed E-state index contributed by atoms with van der Waals surface area (Å²) in [5.41, 5.74) is 0.132. The molecule has 0 unspecified atom stereocenters. The van der Waals surface area contributed by atoms with Gasteiger partial charge in [0.1, 0.15) is 17.5 Å². The van der Waals surface area contributed by atoms with Crippen LogP contribution in [-0.2, 0) is 4.79 Å². The number of carboxylic acids is 1. The average Bonchev–Trinajstić information content (AvgIpc) is 2.45. The summed E-state index contributed by atoms with van der Waals surface area (Å²) < 4.78 is 10.7. The van der Waals surface area contributed by atoms with Gasteiger partial charge in [-0.1, -0.05) is 0 Å². The minimum Gasteiger partial charge on any atom is -0.497 e. The second-order valence-electron chi connectivity index (χ2n) is 4.07. The molecule has 0 fully saturated rings. The zero-order valence-electron chi connectivity index (χ0n) is 11.6. The first-order chi connectivity index (χ1) is 9.94. The summed E-state index contributed by atoms with van der Waals surface area (Å²) in [6, 6.07) is 1.88. The van der Waals surface area contributed by atoms with Crippen LogP contribution in [0.5, 0.6) is 11.5 Å². The fourth-order valence-electron chi connectivity index (χ4n) is 1.69. The number of aliphatic carboxylic acids is 1. The number of halogens is 1. The summed E-state index contributed by atoms with van der Waals surface area (Å²) in [6.07, 6.45) is -0.0888. The van der Waals surface area contributed by atoms with Gasteiger partial charge in [-0.05, 0) is 28.1 Å². The Morgan fingerprint density at radius 1 is 1.33 bits per heavy atom. The highest BCUT2D eigenvalue weighted by atomic mass is 79.9. The lowest BCUT2D eigenvalue weighted by atomic mass is 10.1. The molecule has 21 heavy (non-hydrogen) atoms. The fraction of sp³-hybridized carbons (Fsp3) is 0.385. The summed E-state index contributed by atoms with van der Waals surface area (Å²) in [6.45, 7) is -0.351. The normalized spacial score (nSPS) is 11.6. The Bertz CT molecular complexity index is 534.